The molecule has 10 heteroatoms. The molecule has 8 nitrogen and oxygen atoms in total. The molecule has 2 amide bonds. The van der Waals surface area contributed by atoms with Crippen molar-refractivity contribution in [3.63, 3.8) is 0 Å². The zero-order valence-electron chi connectivity index (χ0n) is 19.6. The van der Waals surface area contributed by atoms with Crippen LogP contribution in [-0.4, -0.2) is 72.1 Å². The van der Waals surface area contributed by atoms with Crippen LogP contribution >= 0.6 is 35.3 Å². The standard InChI is InChI=1S/C22H35N5O3S.HI/c1-22(2,3)30-21(29)27-16-8-9-17(27)12-15(11-16)25-20(24-14-19(28)26(4)5)23-13-18-7-6-10-31-18;/h6-7,10,15-17H,8-9,11-14H2,1-5H3,(H2,23,24,25);1H. The molecule has 0 saturated carbocycles. The van der Waals surface area contributed by atoms with Crippen molar-refractivity contribution in [3.05, 3.63) is 22.4 Å². The third kappa shape index (κ3) is 7.50. The molecule has 2 bridgehead atoms. The molecular weight excluding hydrogens is 541 g/mol. The topological polar surface area (TPSA) is 86.3 Å². The van der Waals surface area contributed by atoms with E-state index in [2.05, 4.69) is 21.7 Å². The van der Waals surface area contributed by atoms with Gasteiger partial charge < -0.3 is 25.2 Å². The summed E-state index contributed by atoms with van der Waals surface area (Å²) < 4.78 is 5.63. The molecule has 2 aliphatic heterocycles. The lowest BCUT2D eigenvalue weighted by Gasteiger charge is -2.40. The largest absolute Gasteiger partial charge is 0.444 e. The number of nitrogens with zero attached hydrogens (tertiary/aromatic N) is 3. The molecule has 2 atom stereocenters. The van der Waals surface area contributed by atoms with Crippen LogP contribution in [0, 0.1) is 0 Å². The summed E-state index contributed by atoms with van der Waals surface area (Å²) in [6, 6.07) is 4.63. The van der Waals surface area contributed by atoms with Gasteiger partial charge in [-0.05, 0) is 57.9 Å². The van der Waals surface area contributed by atoms with E-state index in [4.69, 9.17) is 4.74 Å². The van der Waals surface area contributed by atoms with Crippen LogP contribution in [0.2, 0.25) is 0 Å². The second kappa shape index (κ2) is 11.5. The van der Waals surface area contributed by atoms with E-state index >= 15 is 0 Å². The van der Waals surface area contributed by atoms with Gasteiger partial charge in [0, 0.05) is 37.1 Å². The smallest absolute Gasteiger partial charge is 0.410 e. The van der Waals surface area contributed by atoms with Gasteiger partial charge in [-0.2, -0.15) is 0 Å². The molecule has 0 spiro atoms. The van der Waals surface area contributed by atoms with Gasteiger partial charge >= 0.3 is 6.09 Å². The maximum absolute atomic E-state index is 12.7. The number of nitrogens with one attached hydrogen (secondary N) is 2. The number of halogens is 1. The third-order valence-electron chi connectivity index (χ3n) is 5.56. The van der Waals surface area contributed by atoms with Crippen LogP contribution in [0.3, 0.4) is 0 Å². The summed E-state index contributed by atoms with van der Waals surface area (Å²) in [5.74, 6) is 0.593. The van der Waals surface area contributed by atoms with Crippen molar-refractivity contribution in [1.82, 2.24) is 20.4 Å². The summed E-state index contributed by atoms with van der Waals surface area (Å²) in [5, 5.41) is 8.91. The molecule has 0 aromatic carbocycles. The van der Waals surface area contributed by atoms with Crippen LogP contribution in [0.15, 0.2) is 22.5 Å². The number of likely N-dealkylation sites (N-methyl/N-ethyl adjacent to an activating group) is 1. The lowest BCUT2D eigenvalue weighted by atomic mass is 9.98. The monoisotopic (exact) mass is 577 g/mol. The summed E-state index contributed by atoms with van der Waals surface area (Å²) in [7, 11) is 3.46. The van der Waals surface area contributed by atoms with E-state index in [0.717, 1.165) is 25.7 Å². The van der Waals surface area contributed by atoms with Crippen LogP contribution in [0.4, 0.5) is 4.79 Å². The van der Waals surface area contributed by atoms with Crippen LogP contribution in [-0.2, 0) is 16.1 Å². The van der Waals surface area contributed by atoms with Crippen molar-refractivity contribution in [3.8, 4) is 0 Å². The predicted octanol–water partition coefficient (Wildman–Crippen LogP) is 3.42. The number of hydrogen-bond acceptors (Lipinski definition) is 5. The molecule has 2 aliphatic rings. The van der Waals surface area contributed by atoms with Crippen molar-refractivity contribution in [2.45, 2.75) is 76.7 Å². The van der Waals surface area contributed by atoms with Crippen molar-refractivity contribution < 1.29 is 14.3 Å². The van der Waals surface area contributed by atoms with E-state index < -0.39 is 5.60 Å². The van der Waals surface area contributed by atoms with Crippen LogP contribution in [0.5, 0.6) is 0 Å². The number of fused-ring (bicyclic) bond motifs is 2. The Morgan fingerprint density at radius 3 is 2.44 bits per heavy atom. The summed E-state index contributed by atoms with van der Waals surface area (Å²) in [5.41, 5.74) is -0.490. The Hall–Kier alpha value is -1.56. The molecule has 32 heavy (non-hydrogen) atoms. The van der Waals surface area contributed by atoms with Gasteiger partial charge in [-0.3, -0.25) is 4.79 Å². The molecule has 2 saturated heterocycles. The van der Waals surface area contributed by atoms with Crippen molar-refractivity contribution in [2.24, 2.45) is 4.99 Å². The fraction of sp³-hybridized carbons (Fsp3) is 0.682. The average Bonchev–Trinajstić information content (AvgIpc) is 3.28. The number of carbonyl (C=O) groups is 2. The van der Waals surface area contributed by atoms with Crippen molar-refractivity contribution in [1.29, 1.82) is 0 Å². The van der Waals surface area contributed by atoms with E-state index in [0.29, 0.717) is 12.5 Å². The number of ether oxygens (including phenoxy) is 1. The summed E-state index contributed by atoms with van der Waals surface area (Å²) in [6.07, 6.45) is 3.47. The Balaban J connectivity index is 0.00000363. The van der Waals surface area contributed by atoms with E-state index in [1.54, 1.807) is 30.3 Å². The van der Waals surface area contributed by atoms with Crippen LogP contribution in [0.1, 0.15) is 51.3 Å². The van der Waals surface area contributed by atoms with Crippen LogP contribution < -0.4 is 10.6 Å². The van der Waals surface area contributed by atoms with Gasteiger partial charge in [0.05, 0.1) is 6.54 Å². The van der Waals surface area contributed by atoms with E-state index in [1.807, 2.05) is 37.1 Å². The average molecular weight is 578 g/mol. The van der Waals surface area contributed by atoms with Crippen molar-refractivity contribution >= 4 is 53.3 Å². The van der Waals surface area contributed by atoms with Crippen LogP contribution in [0.25, 0.3) is 0 Å². The fourth-order valence-corrected chi connectivity index (χ4v) is 4.77. The zero-order chi connectivity index (χ0) is 22.6. The molecule has 3 rings (SSSR count). The first-order valence-corrected chi connectivity index (χ1v) is 11.8. The highest BCUT2D eigenvalue weighted by Crippen LogP contribution is 2.36. The number of thiophene rings is 1. The Morgan fingerprint density at radius 1 is 1.25 bits per heavy atom. The fourth-order valence-electron chi connectivity index (χ4n) is 4.13. The second-order valence-electron chi connectivity index (χ2n) is 9.47. The lowest BCUT2D eigenvalue weighted by molar-refractivity contribution is -0.127. The first-order chi connectivity index (χ1) is 14.6. The summed E-state index contributed by atoms with van der Waals surface area (Å²) >= 11 is 1.68. The van der Waals surface area contributed by atoms with E-state index in [-0.39, 0.29) is 60.6 Å². The minimum atomic E-state index is -0.490. The third-order valence-corrected chi connectivity index (χ3v) is 6.44. The molecule has 180 valence electrons. The number of carbonyl (C=O) groups excluding carboxylic acids is 2. The van der Waals surface area contributed by atoms with Gasteiger partial charge in [-0.1, -0.05) is 6.07 Å². The molecule has 2 unspecified atom stereocenters. The van der Waals surface area contributed by atoms with Gasteiger partial charge in [-0.25, -0.2) is 9.79 Å². The highest BCUT2D eigenvalue weighted by Gasteiger charge is 2.45. The van der Waals surface area contributed by atoms with Gasteiger partial charge in [0.15, 0.2) is 5.96 Å². The van der Waals surface area contributed by atoms with Gasteiger partial charge in [-0.15, -0.1) is 35.3 Å². The Labute approximate surface area is 212 Å². The summed E-state index contributed by atoms with van der Waals surface area (Å²) in [4.78, 5) is 33.9. The Morgan fingerprint density at radius 2 is 1.91 bits per heavy atom. The molecule has 0 radical (unpaired) electrons. The SMILES string of the molecule is CN(C)C(=O)CN=C(NCc1cccs1)NC1CC2CCC(C1)N2C(=O)OC(C)(C)C.I. The number of piperidine rings is 1. The molecule has 3 heterocycles. The predicted molar refractivity (Wildman–Crippen MR) is 139 cm³/mol. The molecule has 2 N–H and O–H groups in total. The number of rotatable bonds is 5. The second-order valence-corrected chi connectivity index (χ2v) is 10.5. The van der Waals surface area contributed by atoms with Gasteiger partial charge in [0.1, 0.15) is 12.1 Å². The maximum atomic E-state index is 12.7. The van der Waals surface area contributed by atoms with Gasteiger partial charge in [0.25, 0.3) is 0 Å². The number of aliphatic imine (C=N–C) groups is 1. The number of amides is 2. The van der Waals surface area contributed by atoms with Gasteiger partial charge in [0.2, 0.25) is 5.91 Å². The quantitative estimate of drug-likeness (QED) is 0.318. The Bertz CT molecular complexity index is 780. The highest BCUT2D eigenvalue weighted by molar-refractivity contribution is 14.0. The Kier molecular flexibility index (Phi) is 9.62. The lowest BCUT2D eigenvalue weighted by Crippen LogP contribution is -2.55. The molecular formula is C22H36IN5O3S. The summed E-state index contributed by atoms with van der Waals surface area (Å²) in [6.45, 7) is 6.45. The molecule has 0 aliphatic carbocycles. The minimum absolute atomic E-state index is 0. The first-order valence-electron chi connectivity index (χ1n) is 10.9. The number of hydrogen-bond donors (Lipinski definition) is 2. The number of guanidine groups is 1. The molecule has 1 aromatic rings. The first kappa shape index (κ1) is 26.7. The molecule has 1 aromatic heterocycles. The van der Waals surface area contributed by atoms with Crippen molar-refractivity contribution in [2.75, 3.05) is 20.6 Å². The zero-order valence-corrected chi connectivity index (χ0v) is 22.7. The molecule has 2 fully saturated rings. The minimum Gasteiger partial charge on any atom is -0.444 e. The highest BCUT2D eigenvalue weighted by atomic mass is 127. The normalized spacial score (nSPS) is 22.7. The maximum Gasteiger partial charge on any atom is 0.410 e. The van der Waals surface area contributed by atoms with E-state index in [1.165, 1.54) is 4.88 Å². The van der Waals surface area contributed by atoms with E-state index in [9.17, 15) is 9.59 Å².